The lowest BCUT2D eigenvalue weighted by Crippen LogP contribution is -2.46. The quantitative estimate of drug-likeness (QED) is 0.868. The number of hydrogen-bond donors (Lipinski definition) is 1. The summed E-state index contributed by atoms with van der Waals surface area (Å²) in [4.78, 5) is 13.2. The van der Waals surface area contributed by atoms with E-state index in [4.69, 9.17) is 10.5 Å². The SMILES string of the molecule is CO[C@@H]1CN(CCC(N)=O)CC[C@@H]1Cc1ccccc1C. The highest BCUT2D eigenvalue weighted by molar-refractivity contribution is 5.73. The molecule has 0 spiro atoms. The molecule has 2 rings (SSSR count). The largest absolute Gasteiger partial charge is 0.380 e. The van der Waals surface area contributed by atoms with E-state index in [1.54, 1.807) is 7.11 Å². The van der Waals surface area contributed by atoms with Crippen LogP contribution < -0.4 is 5.73 Å². The van der Waals surface area contributed by atoms with Gasteiger partial charge >= 0.3 is 0 Å². The second-order valence-electron chi connectivity index (χ2n) is 5.97. The van der Waals surface area contributed by atoms with Gasteiger partial charge in [0.05, 0.1) is 6.10 Å². The molecule has 0 radical (unpaired) electrons. The van der Waals surface area contributed by atoms with Crippen LogP contribution in [-0.4, -0.2) is 43.7 Å². The third-order valence-corrected chi connectivity index (χ3v) is 4.50. The average Bonchev–Trinajstić information content (AvgIpc) is 2.48. The standard InChI is InChI=1S/C17H26N2O2/c1-13-5-3-4-6-14(13)11-15-7-9-19(10-8-17(18)20)12-16(15)21-2/h3-6,15-16H,7-12H2,1-2H3,(H2,18,20)/t15-,16-/m1/s1. The number of hydrogen-bond acceptors (Lipinski definition) is 3. The van der Waals surface area contributed by atoms with Crippen LogP contribution in [0.2, 0.25) is 0 Å². The van der Waals surface area contributed by atoms with Crippen LogP contribution in [0.1, 0.15) is 24.0 Å². The number of benzene rings is 1. The Morgan fingerprint density at radius 2 is 2.19 bits per heavy atom. The fourth-order valence-electron chi connectivity index (χ4n) is 3.12. The second kappa shape index (κ2) is 7.57. The first-order valence-electron chi connectivity index (χ1n) is 7.68. The summed E-state index contributed by atoms with van der Waals surface area (Å²) in [6, 6.07) is 8.56. The molecule has 1 aromatic carbocycles. The molecule has 2 atom stereocenters. The van der Waals surface area contributed by atoms with E-state index in [2.05, 4.69) is 36.1 Å². The van der Waals surface area contributed by atoms with Crippen LogP contribution in [0.4, 0.5) is 0 Å². The molecule has 0 aliphatic carbocycles. The molecule has 1 aliphatic rings. The number of ether oxygens (including phenoxy) is 1. The van der Waals surface area contributed by atoms with E-state index >= 15 is 0 Å². The van der Waals surface area contributed by atoms with E-state index in [-0.39, 0.29) is 12.0 Å². The van der Waals surface area contributed by atoms with E-state index in [1.807, 2.05) is 0 Å². The Balaban J connectivity index is 1.93. The van der Waals surface area contributed by atoms with Crippen molar-refractivity contribution in [1.29, 1.82) is 0 Å². The number of amides is 1. The van der Waals surface area contributed by atoms with Crippen molar-refractivity contribution in [3.8, 4) is 0 Å². The van der Waals surface area contributed by atoms with Crippen LogP contribution in [-0.2, 0) is 16.0 Å². The van der Waals surface area contributed by atoms with Crippen LogP contribution in [0.25, 0.3) is 0 Å². The molecule has 0 unspecified atom stereocenters. The third kappa shape index (κ3) is 4.55. The van der Waals surface area contributed by atoms with Crippen molar-refractivity contribution in [3.05, 3.63) is 35.4 Å². The lowest BCUT2D eigenvalue weighted by atomic mass is 9.86. The normalized spacial score (nSPS) is 23.1. The van der Waals surface area contributed by atoms with Crippen LogP contribution >= 0.6 is 0 Å². The van der Waals surface area contributed by atoms with Gasteiger partial charge in [-0.15, -0.1) is 0 Å². The molecule has 1 aromatic rings. The fourth-order valence-corrected chi connectivity index (χ4v) is 3.12. The second-order valence-corrected chi connectivity index (χ2v) is 5.97. The number of carbonyl (C=O) groups is 1. The fraction of sp³-hybridized carbons (Fsp3) is 0.588. The molecule has 4 nitrogen and oxygen atoms in total. The molecule has 0 bridgehead atoms. The summed E-state index contributed by atoms with van der Waals surface area (Å²) in [7, 11) is 1.78. The van der Waals surface area contributed by atoms with Gasteiger partial charge in [-0.25, -0.2) is 0 Å². The Morgan fingerprint density at radius 3 is 2.86 bits per heavy atom. The molecule has 0 saturated carbocycles. The average molecular weight is 290 g/mol. The number of rotatable bonds is 6. The first-order valence-corrected chi connectivity index (χ1v) is 7.68. The molecule has 1 heterocycles. The van der Waals surface area contributed by atoms with Gasteiger partial charge in [0.1, 0.15) is 0 Å². The van der Waals surface area contributed by atoms with Crippen LogP contribution in [0.5, 0.6) is 0 Å². The highest BCUT2D eigenvalue weighted by atomic mass is 16.5. The van der Waals surface area contributed by atoms with E-state index in [0.29, 0.717) is 12.3 Å². The summed E-state index contributed by atoms with van der Waals surface area (Å²) in [5.74, 6) is 0.312. The van der Waals surface area contributed by atoms with Crippen LogP contribution in [0.3, 0.4) is 0 Å². The van der Waals surface area contributed by atoms with Crippen molar-refractivity contribution in [2.75, 3.05) is 26.7 Å². The maximum absolute atomic E-state index is 10.9. The third-order valence-electron chi connectivity index (χ3n) is 4.50. The molecule has 1 saturated heterocycles. The Kier molecular flexibility index (Phi) is 5.76. The van der Waals surface area contributed by atoms with Gasteiger partial charge < -0.3 is 15.4 Å². The maximum Gasteiger partial charge on any atom is 0.218 e. The highest BCUT2D eigenvalue weighted by Gasteiger charge is 2.29. The van der Waals surface area contributed by atoms with E-state index in [1.165, 1.54) is 11.1 Å². The predicted molar refractivity (Wildman–Crippen MR) is 84.0 cm³/mol. The summed E-state index contributed by atoms with van der Waals surface area (Å²) in [6.07, 6.45) is 2.82. The predicted octanol–water partition coefficient (Wildman–Crippen LogP) is 1.75. The van der Waals surface area contributed by atoms with Crippen LogP contribution in [0, 0.1) is 12.8 Å². The Morgan fingerprint density at radius 1 is 1.43 bits per heavy atom. The van der Waals surface area contributed by atoms with Gasteiger partial charge in [0.2, 0.25) is 5.91 Å². The minimum Gasteiger partial charge on any atom is -0.380 e. The number of nitrogens with zero attached hydrogens (tertiary/aromatic N) is 1. The summed E-state index contributed by atoms with van der Waals surface area (Å²) < 4.78 is 5.70. The Labute approximate surface area is 127 Å². The van der Waals surface area contributed by atoms with E-state index in [9.17, 15) is 4.79 Å². The molecular weight excluding hydrogens is 264 g/mol. The molecule has 116 valence electrons. The Hall–Kier alpha value is -1.39. The van der Waals surface area contributed by atoms with Crippen molar-refractivity contribution in [1.82, 2.24) is 4.90 Å². The van der Waals surface area contributed by atoms with E-state index < -0.39 is 0 Å². The molecule has 1 amide bonds. The number of primary amides is 1. The number of methoxy groups -OCH3 is 1. The number of carbonyl (C=O) groups excluding carboxylic acids is 1. The summed E-state index contributed by atoms with van der Waals surface area (Å²) >= 11 is 0. The number of aryl methyl sites for hydroxylation is 1. The summed E-state index contributed by atoms with van der Waals surface area (Å²) in [6.45, 7) is 4.81. The highest BCUT2D eigenvalue weighted by Crippen LogP contribution is 2.25. The number of likely N-dealkylation sites (tertiary alicyclic amines) is 1. The molecule has 1 fully saturated rings. The molecule has 2 N–H and O–H groups in total. The molecular formula is C17H26N2O2. The van der Waals surface area contributed by atoms with Crippen molar-refractivity contribution in [2.24, 2.45) is 11.7 Å². The molecule has 21 heavy (non-hydrogen) atoms. The maximum atomic E-state index is 10.9. The van der Waals surface area contributed by atoms with Crippen molar-refractivity contribution in [3.63, 3.8) is 0 Å². The lowest BCUT2D eigenvalue weighted by Gasteiger charge is -2.38. The van der Waals surface area contributed by atoms with Gasteiger partial charge in [0, 0.05) is 26.6 Å². The first-order chi connectivity index (χ1) is 10.1. The monoisotopic (exact) mass is 290 g/mol. The first kappa shape index (κ1) is 16.0. The van der Waals surface area contributed by atoms with Gasteiger partial charge in [-0.3, -0.25) is 4.79 Å². The zero-order valence-electron chi connectivity index (χ0n) is 13.0. The zero-order valence-corrected chi connectivity index (χ0v) is 13.0. The summed E-state index contributed by atoms with van der Waals surface area (Å²) in [5.41, 5.74) is 7.99. The molecule has 1 aliphatic heterocycles. The molecule has 4 heteroatoms. The molecule has 0 aromatic heterocycles. The number of piperidine rings is 1. The van der Waals surface area contributed by atoms with Crippen molar-refractivity contribution >= 4 is 5.91 Å². The van der Waals surface area contributed by atoms with Gasteiger partial charge in [0.25, 0.3) is 0 Å². The number of nitrogens with two attached hydrogens (primary N) is 1. The lowest BCUT2D eigenvalue weighted by molar-refractivity contribution is -0.118. The van der Waals surface area contributed by atoms with Gasteiger partial charge in [-0.05, 0) is 43.4 Å². The Bertz CT molecular complexity index is 476. The van der Waals surface area contributed by atoms with E-state index in [0.717, 1.165) is 32.5 Å². The van der Waals surface area contributed by atoms with Gasteiger partial charge in [-0.2, -0.15) is 0 Å². The van der Waals surface area contributed by atoms with Gasteiger partial charge in [0.15, 0.2) is 0 Å². The minimum absolute atomic E-state index is 0.228. The van der Waals surface area contributed by atoms with Crippen LogP contribution in [0.15, 0.2) is 24.3 Å². The topological polar surface area (TPSA) is 55.6 Å². The zero-order chi connectivity index (χ0) is 15.2. The van der Waals surface area contributed by atoms with Gasteiger partial charge in [-0.1, -0.05) is 24.3 Å². The minimum atomic E-state index is -0.231. The van der Waals surface area contributed by atoms with Crippen molar-refractivity contribution in [2.45, 2.75) is 32.3 Å². The van der Waals surface area contributed by atoms with Crippen molar-refractivity contribution < 1.29 is 9.53 Å². The summed E-state index contributed by atoms with van der Waals surface area (Å²) in [5, 5.41) is 0. The smallest absolute Gasteiger partial charge is 0.218 e.